The minimum absolute atomic E-state index is 0.0529. The van der Waals surface area contributed by atoms with Gasteiger partial charge in [0.1, 0.15) is 0 Å². The van der Waals surface area contributed by atoms with Gasteiger partial charge in [0.05, 0.1) is 0 Å². The fourth-order valence-electron chi connectivity index (χ4n) is 1.51. The lowest BCUT2D eigenvalue weighted by atomic mass is 10.1. The second-order valence-corrected chi connectivity index (χ2v) is 4.31. The Morgan fingerprint density at radius 3 is 2.29 bits per heavy atom. The molecule has 0 heterocycles. The van der Waals surface area contributed by atoms with Gasteiger partial charge in [-0.1, -0.05) is 12.1 Å². The molecule has 1 atom stereocenters. The van der Waals surface area contributed by atoms with E-state index in [1.165, 1.54) is 0 Å². The summed E-state index contributed by atoms with van der Waals surface area (Å²) < 4.78 is 0. The first kappa shape index (κ1) is 16.4. The SMILES string of the molecule is NC(=O)NCc1ccc(C(=O)NCCC(O)C(=O)O)cc1. The van der Waals surface area contributed by atoms with Gasteiger partial charge >= 0.3 is 12.0 Å². The predicted molar refractivity (Wildman–Crippen MR) is 73.5 cm³/mol. The molecule has 0 radical (unpaired) electrons. The fraction of sp³-hybridized carbons (Fsp3) is 0.308. The van der Waals surface area contributed by atoms with E-state index in [1.807, 2.05) is 0 Å². The average Bonchev–Trinajstić information content (AvgIpc) is 2.45. The van der Waals surface area contributed by atoms with Crippen LogP contribution in [0.5, 0.6) is 0 Å². The monoisotopic (exact) mass is 295 g/mol. The summed E-state index contributed by atoms with van der Waals surface area (Å²) in [5, 5.41) is 22.5. The van der Waals surface area contributed by atoms with E-state index in [9.17, 15) is 14.4 Å². The van der Waals surface area contributed by atoms with E-state index >= 15 is 0 Å². The number of rotatable bonds is 7. The Bertz CT molecular complexity index is 515. The van der Waals surface area contributed by atoms with Crippen molar-refractivity contribution in [1.82, 2.24) is 10.6 Å². The standard InChI is InChI=1S/C13H17N3O5/c14-13(21)16-7-8-1-3-9(4-2-8)11(18)15-6-5-10(17)12(19)20/h1-4,10,17H,5-7H2,(H,15,18)(H,19,20)(H3,14,16,21). The van der Waals surface area contributed by atoms with Gasteiger partial charge in [0.15, 0.2) is 6.10 Å². The maximum atomic E-state index is 11.7. The predicted octanol–water partition coefficient (Wildman–Crippen LogP) is -0.580. The van der Waals surface area contributed by atoms with Crippen LogP contribution in [0.4, 0.5) is 4.79 Å². The molecule has 0 bridgehead atoms. The van der Waals surface area contributed by atoms with Crippen LogP contribution in [0.25, 0.3) is 0 Å². The maximum Gasteiger partial charge on any atom is 0.332 e. The molecule has 6 N–H and O–H groups in total. The zero-order chi connectivity index (χ0) is 15.8. The molecule has 8 nitrogen and oxygen atoms in total. The Kier molecular flexibility index (Phi) is 6.15. The summed E-state index contributed by atoms with van der Waals surface area (Å²) in [6.07, 6.45) is -1.56. The van der Waals surface area contributed by atoms with Crippen molar-refractivity contribution >= 4 is 17.9 Å². The first-order valence-corrected chi connectivity index (χ1v) is 6.21. The Morgan fingerprint density at radius 2 is 1.76 bits per heavy atom. The van der Waals surface area contributed by atoms with Gasteiger partial charge in [0, 0.05) is 25.1 Å². The molecule has 1 rings (SSSR count). The van der Waals surface area contributed by atoms with E-state index in [1.54, 1.807) is 24.3 Å². The van der Waals surface area contributed by atoms with Crippen LogP contribution in [0.1, 0.15) is 22.3 Å². The Hall–Kier alpha value is -2.61. The summed E-state index contributed by atoms with van der Waals surface area (Å²) in [7, 11) is 0. The number of urea groups is 1. The molecule has 1 aromatic carbocycles. The van der Waals surface area contributed by atoms with Crippen LogP contribution in [0, 0.1) is 0 Å². The van der Waals surface area contributed by atoms with Gasteiger partial charge in [-0.2, -0.15) is 0 Å². The summed E-state index contributed by atoms with van der Waals surface area (Å²) in [5.74, 6) is -1.70. The van der Waals surface area contributed by atoms with E-state index in [0.29, 0.717) is 5.56 Å². The number of amides is 3. The quantitative estimate of drug-likeness (QED) is 0.457. The number of carbonyl (C=O) groups is 3. The number of hydrogen-bond donors (Lipinski definition) is 5. The molecule has 0 aliphatic heterocycles. The lowest BCUT2D eigenvalue weighted by Gasteiger charge is -2.08. The highest BCUT2D eigenvalue weighted by Gasteiger charge is 2.13. The van der Waals surface area contributed by atoms with E-state index in [-0.39, 0.29) is 25.4 Å². The lowest BCUT2D eigenvalue weighted by molar-refractivity contribution is -0.146. The molecular weight excluding hydrogens is 278 g/mol. The lowest BCUT2D eigenvalue weighted by Crippen LogP contribution is -2.30. The molecule has 0 aliphatic rings. The highest BCUT2D eigenvalue weighted by atomic mass is 16.4. The van der Waals surface area contributed by atoms with Crippen LogP contribution in [-0.2, 0) is 11.3 Å². The van der Waals surface area contributed by atoms with Crippen molar-refractivity contribution in [3.8, 4) is 0 Å². The molecule has 114 valence electrons. The van der Waals surface area contributed by atoms with E-state index in [0.717, 1.165) is 5.56 Å². The van der Waals surface area contributed by atoms with Gasteiger partial charge in [-0.3, -0.25) is 4.79 Å². The first-order valence-electron chi connectivity index (χ1n) is 6.21. The van der Waals surface area contributed by atoms with Crippen LogP contribution in [-0.4, -0.2) is 40.8 Å². The van der Waals surface area contributed by atoms with Gasteiger partial charge in [-0.15, -0.1) is 0 Å². The van der Waals surface area contributed by atoms with Crippen molar-refractivity contribution in [2.45, 2.75) is 19.1 Å². The number of nitrogens with one attached hydrogen (secondary N) is 2. The molecule has 0 saturated heterocycles. The number of carboxylic acid groups (broad SMARTS) is 1. The van der Waals surface area contributed by atoms with E-state index in [4.69, 9.17) is 15.9 Å². The number of hydrogen-bond acceptors (Lipinski definition) is 4. The van der Waals surface area contributed by atoms with Crippen molar-refractivity contribution in [2.24, 2.45) is 5.73 Å². The topological polar surface area (TPSA) is 142 Å². The number of nitrogens with two attached hydrogens (primary N) is 1. The molecule has 1 unspecified atom stereocenters. The Labute approximate surface area is 120 Å². The highest BCUT2D eigenvalue weighted by molar-refractivity contribution is 5.94. The van der Waals surface area contributed by atoms with Crippen molar-refractivity contribution < 1.29 is 24.6 Å². The van der Waals surface area contributed by atoms with Crippen LogP contribution in [0.2, 0.25) is 0 Å². The number of primary amides is 1. The number of aliphatic hydroxyl groups is 1. The van der Waals surface area contributed by atoms with Crippen molar-refractivity contribution in [3.05, 3.63) is 35.4 Å². The molecule has 3 amide bonds. The first-order chi connectivity index (χ1) is 9.90. The normalized spacial score (nSPS) is 11.5. The highest BCUT2D eigenvalue weighted by Crippen LogP contribution is 2.04. The van der Waals surface area contributed by atoms with Crippen LogP contribution in [0.3, 0.4) is 0 Å². The average molecular weight is 295 g/mol. The van der Waals surface area contributed by atoms with Crippen LogP contribution >= 0.6 is 0 Å². The molecule has 1 aromatic rings. The van der Waals surface area contributed by atoms with Crippen molar-refractivity contribution in [3.63, 3.8) is 0 Å². The summed E-state index contributed by atoms with van der Waals surface area (Å²) in [6.45, 7) is 0.319. The van der Waals surface area contributed by atoms with Crippen LogP contribution < -0.4 is 16.4 Å². The van der Waals surface area contributed by atoms with Gasteiger partial charge in [0.2, 0.25) is 0 Å². The molecule has 0 spiro atoms. The largest absolute Gasteiger partial charge is 0.479 e. The molecular formula is C13H17N3O5. The third-order valence-corrected chi connectivity index (χ3v) is 2.67. The van der Waals surface area contributed by atoms with Crippen molar-refractivity contribution in [1.29, 1.82) is 0 Å². The van der Waals surface area contributed by atoms with Gasteiger partial charge < -0.3 is 26.6 Å². The zero-order valence-corrected chi connectivity index (χ0v) is 11.2. The van der Waals surface area contributed by atoms with E-state index < -0.39 is 18.1 Å². The van der Waals surface area contributed by atoms with Crippen molar-refractivity contribution in [2.75, 3.05) is 6.54 Å². The molecule has 8 heteroatoms. The number of aliphatic carboxylic acids is 1. The Balaban J connectivity index is 2.44. The summed E-state index contributed by atoms with van der Waals surface area (Å²) in [6, 6.07) is 5.84. The third-order valence-electron chi connectivity index (χ3n) is 2.67. The summed E-state index contributed by atoms with van der Waals surface area (Å²) >= 11 is 0. The zero-order valence-electron chi connectivity index (χ0n) is 11.2. The minimum atomic E-state index is -1.49. The molecule has 0 aliphatic carbocycles. The minimum Gasteiger partial charge on any atom is -0.479 e. The second kappa shape index (κ2) is 7.85. The fourth-order valence-corrected chi connectivity index (χ4v) is 1.51. The third kappa shape index (κ3) is 5.91. The van der Waals surface area contributed by atoms with E-state index in [2.05, 4.69) is 10.6 Å². The molecule has 0 aromatic heterocycles. The van der Waals surface area contributed by atoms with Gasteiger partial charge in [-0.05, 0) is 17.7 Å². The number of aliphatic hydroxyl groups excluding tert-OH is 1. The smallest absolute Gasteiger partial charge is 0.332 e. The maximum absolute atomic E-state index is 11.7. The molecule has 0 fully saturated rings. The Morgan fingerprint density at radius 1 is 1.14 bits per heavy atom. The number of carboxylic acids is 1. The number of carbonyl (C=O) groups excluding carboxylic acids is 2. The number of benzene rings is 1. The van der Waals surface area contributed by atoms with Gasteiger partial charge in [0.25, 0.3) is 5.91 Å². The molecule has 0 saturated carbocycles. The second-order valence-electron chi connectivity index (χ2n) is 4.31. The summed E-state index contributed by atoms with van der Waals surface area (Å²) in [5.41, 5.74) is 6.12. The summed E-state index contributed by atoms with van der Waals surface area (Å²) in [4.78, 5) is 32.7. The van der Waals surface area contributed by atoms with Crippen LogP contribution in [0.15, 0.2) is 24.3 Å². The van der Waals surface area contributed by atoms with Gasteiger partial charge in [-0.25, -0.2) is 9.59 Å². The molecule has 21 heavy (non-hydrogen) atoms.